The van der Waals surface area contributed by atoms with Crippen molar-refractivity contribution in [2.24, 2.45) is 7.05 Å². The Morgan fingerprint density at radius 3 is 2.68 bits per heavy atom. The molecule has 148 valence electrons. The molecule has 0 aliphatic carbocycles. The van der Waals surface area contributed by atoms with E-state index in [1.165, 1.54) is 12.1 Å². The number of ether oxygens (including phenoxy) is 1. The van der Waals surface area contributed by atoms with Gasteiger partial charge in [-0.05, 0) is 65.5 Å². The summed E-state index contributed by atoms with van der Waals surface area (Å²) in [5, 5.41) is 0. The zero-order valence-corrected chi connectivity index (χ0v) is 17.6. The number of nitrogens with zero attached hydrogens (tertiary/aromatic N) is 3. The zero-order chi connectivity index (χ0) is 20.6. The Bertz CT molecular complexity index is 1070. The first-order chi connectivity index (χ1) is 13.1. The minimum absolute atomic E-state index is 0.0188. The molecule has 0 saturated carbocycles. The Kier molecular flexibility index (Phi) is 5.75. The molecule has 2 aromatic heterocycles. The number of hydrogen-bond donors (Lipinski definition) is 1. The lowest BCUT2D eigenvalue weighted by molar-refractivity contribution is -0.0328. The summed E-state index contributed by atoms with van der Waals surface area (Å²) in [5.41, 5.74) is 2.84. The summed E-state index contributed by atoms with van der Waals surface area (Å²) in [6.45, 7) is 1.86. The molecule has 0 bridgehead atoms. The van der Waals surface area contributed by atoms with Gasteiger partial charge in [0.2, 0.25) is 0 Å². The number of carbonyl (C=O) groups is 1. The Labute approximate surface area is 175 Å². The molecule has 28 heavy (non-hydrogen) atoms. The van der Waals surface area contributed by atoms with Crippen molar-refractivity contribution in [1.82, 2.24) is 14.5 Å². The van der Waals surface area contributed by atoms with Crippen molar-refractivity contribution < 1.29 is 22.7 Å². The van der Waals surface area contributed by atoms with E-state index >= 15 is 0 Å². The number of thioether (sulfide) groups is 1. The summed E-state index contributed by atoms with van der Waals surface area (Å²) in [7, 11) is 1.69. The van der Waals surface area contributed by atoms with E-state index in [0.29, 0.717) is 20.4 Å². The predicted molar refractivity (Wildman–Crippen MR) is 109 cm³/mol. The number of hydrogen-bond acceptors (Lipinski definition) is 6. The monoisotopic (exact) mass is 522 g/mol. The molecule has 1 aromatic carbocycles. The fraction of sp³-hybridized carbons (Fsp3) is 0.235. The van der Waals surface area contributed by atoms with Gasteiger partial charge < -0.3 is 15.0 Å². The van der Waals surface area contributed by atoms with Gasteiger partial charge in [0, 0.05) is 11.9 Å². The molecule has 0 amide bonds. The maximum atomic E-state index is 12.6. The number of aryl methyl sites for hydroxylation is 1. The van der Waals surface area contributed by atoms with E-state index in [-0.39, 0.29) is 40.3 Å². The summed E-state index contributed by atoms with van der Waals surface area (Å²) < 4.78 is 45.3. The third kappa shape index (κ3) is 4.19. The molecule has 0 aliphatic rings. The lowest BCUT2D eigenvalue weighted by Crippen LogP contribution is -2.11. The van der Waals surface area contributed by atoms with Gasteiger partial charge in [0.15, 0.2) is 5.82 Å². The van der Waals surface area contributed by atoms with E-state index < -0.39 is 11.5 Å². The number of esters is 1. The van der Waals surface area contributed by atoms with Crippen LogP contribution in [0, 0.1) is 3.57 Å². The molecule has 0 saturated heterocycles. The van der Waals surface area contributed by atoms with Crippen molar-refractivity contribution >= 4 is 57.2 Å². The van der Waals surface area contributed by atoms with Gasteiger partial charge in [-0.2, -0.15) is 13.2 Å². The SMILES string of the molecule is CCOC(=O)c1cc(I)c(N)nc1-c1nc2cc(SC(F)(F)F)ccc2n1C. The zero-order valence-electron chi connectivity index (χ0n) is 14.7. The number of pyridine rings is 1. The van der Waals surface area contributed by atoms with Crippen LogP contribution in [0.15, 0.2) is 29.2 Å². The molecule has 0 unspecified atom stereocenters. The number of nitrogens with two attached hydrogens (primary N) is 1. The van der Waals surface area contributed by atoms with Crippen LogP contribution >= 0.6 is 34.4 Å². The highest BCUT2D eigenvalue weighted by atomic mass is 127. The number of aromatic nitrogens is 3. The van der Waals surface area contributed by atoms with Crippen molar-refractivity contribution in [2.45, 2.75) is 17.3 Å². The fourth-order valence-corrected chi connectivity index (χ4v) is 3.63. The Hall–Kier alpha value is -2.02. The quantitative estimate of drug-likeness (QED) is 0.306. The average Bonchev–Trinajstić information content (AvgIpc) is 2.91. The lowest BCUT2D eigenvalue weighted by atomic mass is 10.2. The van der Waals surface area contributed by atoms with Crippen LogP contribution in [-0.4, -0.2) is 32.6 Å². The van der Waals surface area contributed by atoms with Crippen LogP contribution in [0.5, 0.6) is 0 Å². The smallest absolute Gasteiger partial charge is 0.446 e. The van der Waals surface area contributed by atoms with Crippen LogP contribution in [-0.2, 0) is 11.8 Å². The second-order valence-electron chi connectivity index (χ2n) is 5.66. The fourth-order valence-electron chi connectivity index (χ4n) is 2.63. The van der Waals surface area contributed by atoms with Crippen molar-refractivity contribution in [1.29, 1.82) is 0 Å². The molecule has 0 fully saturated rings. The number of imidazole rings is 1. The Morgan fingerprint density at radius 2 is 2.04 bits per heavy atom. The summed E-state index contributed by atoms with van der Waals surface area (Å²) in [6.07, 6.45) is 0. The van der Waals surface area contributed by atoms with Crippen LogP contribution in [0.2, 0.25) is 0 Å². The molecule has 0 aliphatic heterocycles. The molecular formula is C17H14F3IN4O2S. The van der Waals surface area contributed by atoms with Crippen LogP contribution in [0.4, 0.5) is 19.0 Å². The van der Waals surface area contributed by atoms with E-state index in [1.54, 1.807) is 30.7 Å². The largest absolute Gasteiger partial charge is 0.462 e. The number of anilines is 1. The highest BCUT2D eigenvalue weighted by molar-refractivity contribution is 14.1. The van der Waals surface area contributed by atoms with Crippen molar-refractivity contribution in [3.63, 3.8) is 0 Å². The number of halogens is 4. The molecule has 0 spiro atoms. The van der Waals surface area contributed by atoms with Crippen molar-refractivity contribution in [3.8, 4) is 11.5 Å². The molecule has 2 N–H and O–H groups in total. The first kappa shape index (κ1) is 20.7. The molecule has 11 heteroatoms. The first-order valence-corrected chi connectivity index (χ1v) is 9.86. The van der Waals surface area contributed by atoms with E-state index in [1.807, 2.05) is 22.6 Å². The van der Waals surface area contributed by atoms with Crippen LogP contribution in [0.3, 0.4) is 0 Å². The number of fused-ring (bicyclic) bond motifs is 1. The van der Waals surface area contributed by atoms with Gasteiger partial charge >= 0.3 is 11.5 Å². The second-order valence-corrected chi connectivity index (χ2v) is 7.97. The Morgan fingerprint density at radius 1 is 1.32 bits per heavy atom. The number of nitrogen functional groups attached to an aromatic ring is 1. The standard InChI is InChI=1S/C17H14F3IN4O2S/c1-3-27-16(26)9-7-10(21)14(22)24-13(9)15-23-11-6-8(28-17(18,19)20)4-5-12(11)25(15)2/h4-7H,3H2,1-2H3,(H2,22,24). The number of benzene rings is 1. The number of rotatable bonds is 4. The average molecular weight is 522 g/mol. The van der Waals surface area contributed by atoms with Crippen LogP contribution < -0.4 is 5.73 Å². The summed E-state index contributed by atoms with van der Waals surface area (Å²) >= 11 is 1.74. The van der Waals surface area contributed by atoms with Crippen LogP contribution in [0.1, 0.15) is 17.3 Å². The molecular weight excluding hydrogens is 508 g/mol. The maximum absolute atomic E-state index is 12.6. The van der Waals surface area contributed by atoms with Gasteiger partial charge in [0.25, 0.3) is 0 Å². The third-order valence-corrected chi connectivity index (χ3v) is 5.38. The van der Waals surface area contributed by atoms with Crippen LogP contribution in [0.25, 0.3) is 22.6 Å². The lowest BCUT2D eigenvalue weighted by Gasteiger charge is -2.10. The van der Waals surface area contributed by atoms with E-state index in [9.17, 15) is 18.0 Å². The van der Waals surface area contributed by atoms with E-state index in [2.05, 4.69) is 9.97 Å². The highest BCUT2D eigenvalue weighted by Gasteiger charge is 2.29. The Balaban J connectivity index is 2.17. The normalized spacial score (nSPS) is 11.8. The van der Waals surface area contributed by atoms with E-state index in [4.69, 9.17) is 10.5 Å². The molecule has 3 aromatic rings. The number of carbonyl (C=O) groups excluding carboxylic acids is 1. The highest BCUT2D eigenvalue weighted by Crippen LogP contribution is 2.38. The van der Waals surface area contributed by atoms with Gasteiger partial charge in [-0.3, -0.25) is 0 Å². The topological polar surface area (TPSA) is 83.0 Å². The van der Waals surface area contributed by atoms with Gasteiger partial charge in [-0.25, -0.2) is 14.8 Å². The predicted octanol–water partition coefficient (Wildman–Crippen LogP) is 4.61. The third-order valence-electron chi connectivity index (χ3n) is 3.80. The first-order valence-electron chi connectivity index (χ1n) is 7.96. The van der Waals surface area contributed by atoms with E-state index in [0.717, 1.165) is 0 Å². The van der Waals surface area contributed by atoms with Gasteiger partial charge in [0.05, 0.1) is 26.8 Å². The summed E-state index contributed by atoms with van der Waals surface area (Å²) in [5.74, 6) is -0.0670. The van der Waals surface area contributed by atoms with Crippen molar-refractivity contribution in [3.05, 3.63) is 33.4 Å². The maximum Gasteiger partial charge on any atom is 0.446 e. The summed E-state index contributed by atoms with van der Waals surface area (Å²) in [6, 6.07) is 5.81. The molecule has 6 nitrogen and oxygen atoms in total. The minimum atomic E-state index is -4.39. The van der Waals surface area contributed by atoms with Gasteiger partial charge in [-0.15, -0.1) is 0 Å². The molecule has 0 radical (unpaired) electrons. The minimum Gasteiger partial charge on any atom is -0.462 e. The van der Waals surface area contributed by atoms with Gasteiger partial charge in [0.1, 0.15) is 11.5 Å². The summed E-state index contributed by atoms with van der Waals surface area (Å²) in [4.78, 5) is 21.1. The van der Waals surface area contributed by atoms with Crippen molar-refractivity contribution in [2.75, 3.05) is 12.3 Å². The molecule has 3 rings (SSSR count). The van der Waals surface area contributed by atoms with Gasteiger partial charge in [-0.1, -0.05) is 0 Å². The molecule has 0 atom stereocenters. The second kappa shape index (κ2) is 7.78. The molecule has 2 heterocycles. The number of alkyl halides is 3.